The summed E-state index contributed by atoms with van der Waals surface area (Å²) in [6, 6.07) is 17.4. The molecule has 0 heterocycles. The molecule has 32 heavy (non-hydrogen) atoms. The lowest BCUT2D eigenvalue weighted by atomic mass is 10.2. The molecule has 0 saturated carbocycles. The molecule has 164 valence electrons. The van der Waals surface area contributed by atoms with Crippen LogP contribution >= 0.6 is 23.4 Å². The van der Waals surface area contributed by atoms with Gasteiger partial charge in [0.2, 0.25) is 5.91 Å². The Balaban J connectivity index is 1.58. The number of nitro groups is 1. The average Bonchev–Trinajstić information content (AvgIpc) is 2.78. The number of thioether (sulfide) groups is 1. The van der Waals surface area contributed by atoms with Crippen LogP contribution in [0, 0.1) is 10.1 Å². The van der Waals surface area contributed by atoms with Crippen LogP contribution in [-0.2, 0) is 4.79 Å². The molecule has 0 aliphatic heterocycles. The lowest BCUT2D eigenvalue weighted by Gasteiger charge is -2.09. The minimum absolute atomic E-state index is 0.145. The molecular weight excluding hydrogens is 454 g/mol. The average molecular weight is 472 g/mol. The Bertz CT molecular complexity index is 1170. The highest BCUT2D eigenvalue weighted by atomic mass is 35.5. The van der Waals surface area contributed by atoms with Crippen molar-refractivity contribution in [1.82, 2.24) is 0 Å². The van der Waals surface area contributed by atoms with E-state index in [1.807, 2.05) is 6.07 Å². The van der Waals surface area contributed by atoms with E-state index in [0.29, 0.717) is 22.1 Å². The Morgan fingerprint density at radius 3 is 2.50 bits per heavy atom. The van der Waals surface area contributed by atoms with Crippen LogP contribution in [0.5, 0.6) is 5.75 Å². The summed E-state index contributed by atoms with van der Waals surface area (Å²) in [5, 5.41) is 16.8. The molecule has 0 aliphatic carbocycles. The number of rotatable bonds is 8. The van der Waals surface area contributed by atoms with E-state index in [0.717, 1.165) is 4.90 Å². The minimum Gasteiger partial charge on any atom is -0.495 e. The van der Waals surface area contributed by atoms with Gasteiger partial charge in [-0.1, -0.05) is 23.7 Å². The zero-order valence-corrected chi connectivity index (χ0v) is 18.4. The van der Waals surface area contributed by atoms with Crippen molar-refractivity contribution in [2.75, 3.05) is 23.5 Å². The number of carbonyl (C=O) groups is 2. The first kappa shape index (κ1) is 23.1. The molecule has 3 rings (SSSR count). The topological polar surface area (TPSA) is 111 Å². The number of amides is 2. The Kier molecular flexibility index (Phi) is 7.69. The van der Waals surface area contributed by atoms with E-state index in [4.69, 9.17) is 16.3 Å². The maximum Gasteiger partial charge on any atom is 0.270 e. The number of halogens is 1. The molecule has 0 fully saturated rings. The van der Waals surface area contributed by atoms with Crippen molar-refractivity contribution in [1.29, 1.82) is 0 Å². The number of hydrogen-bond acceptors (Lipinski definition) is 6. The van der Waals surface area contributed by atoms with Gasteiger partial charge in [0.1, 0.15) is 5.75 Å². The molecule has 0 bridgehead atoms. The zero-order chi connectivity index (χ0) is 23.1. The molecule has 0 saturated heterocycles. The summed E-state index contributed by atoms with van der Waals surface area (Å²) >= 11 is 7.36. The van der Waals surface area contributed by atoms with E-state index < -0.39 is 10.8 Å². The number of non-ortho nitro benzene ring substituents is 1. The lowest BCUT2D eigenvalue weighted by Crippen LogP contribution is -2.14. The van der Waals surface area contributed by atoms with Crippen LogP contribution in [0.1, 0.15) is 10.4 Å². The van der Waals surface area contributed by atoms with Gasteiger partial charge in [-0.2, -0.15) is 0 Å². The van der Waals surface area contributed by atoms with Gasteiger partial charge in [0.05, 0.1) is 22.8 Å². The quantitative estimate of drug-likeness (QED) is 0.264. The van der Waals surface area contributed by atoms with Crippen molar-refractivity contribution in [3.05, 3.63) is 87.4 Å². The fourth-order valence-corrected chi connectivity index (χ4v) is 3.73. The second-order valence-electron chi connectivity index (χ2n) is 6.48. The third-order valence-electron chi connectivity index (χ3n) is 4.22. The number of hydrogen-bond donors (Lipinski definition) is 2. The Hall–Kier alpha value is -3.56. The Morgan fingerprint density at radius 1 is 1.03 bits per heavy atom. The molecule has 2 N–H and O–H groups in total. The van der Waals surface area contributed by atoms with Gasteiger partial charge in [-0.25, -0.2) is 0 Å². The molecule has 0 aromatic heterocycles. The number of carbonyl (C=O) groups excluding carboxylic acids is 2. The maximum atomic E-state index is 12.4. The molecular formula is C22H18ClN3O5S. The molecule has 0 radical (unpaired) electrons. The zero-order valence-electron chi connectivity index (χ0n) is 16.8. The van der Waals surface area contributed by atoms with E-state index in [9.17, 15) is 19.7 Å². The monoisotopic (exact) mass is 471 g/mol. The summed E-state index contributed by atoms with van der Waals surface area (Å²) in [6.45, 7) is 0. The summed E-state index contributed by atoms with van der Waals surface area (Å²) in [6.07, 6.45) is 0. The van der Waals surface area contributed by atoms with Crippen LogP contribution in [0.3, 0.4) is 0 Å². The number of nitrogens with one attached hydrogen (secondary N) is 2. The van der Waals surface area contributed by atoms with Gasteiger partial charge in [0.25, 0.3) is 11.6 Å². The third-order valence-corrected chi connectivity index (χ3v) is 5.51. The van der Waals surface area contributed by atoms with E-state index in [2.05, 4.69) is 10.6 Å². The van der Waals surface area contributed by atoms with Crippen molar-refractivity contribution >= 4 is 52.2 Å². The number of ether oxygens (including phenoxy) is 1. The van der Waals surface area contributed by atoms with Crippen LogP contribution < -0.4 is 15.4 Å². The summed E-state index contributed by atoms with van der Waals surface area (Å²) in [4.78, 5) is 35.8. The number of methoxy groups -OCH3 is 1. The lowest BCUT2D eigenvalue weighted by molar-refractivity contribution is -0.384. The SMILES string of the molecule is COc1ccc(NC(=O)CSc2cccc(NC(=O)c3cccc([N+](=O)[O-])c3)c2)cc1Cl. The summed E-state index contributed by atoms with van der Waals surface area (Å²) in [5.74, 6) is -0.0263. The van der Waals surface area contributed by atoms with E-state index >= 15 is 0 Å². The first-order valence-electron chi connectivity index (χ1n) is 9.28. The van der Waals surface area contributed by atoms with Gasteiger partial charge in [0, 0.05) is 34.0 Å². The minimum atomic E-state index is -0.557. The van der Waals surface area contributed by atoms with Crippen molar-refractivity contribution < 1.29 is 19.2 Å². The van der Waals surface area contributed by atoms with Gasteiger partial charge >= 0.3 is 0 Å². The molecule has 0 spiro atoms. The van der Waals surface area contributed by atoms with E-state index in [1.54, 1.807) is 36.4 Å². The molecule has 0 unspecified atom stereocenters. The van der Waals surface area contributed by atoms with Gasteiger partial charge < -0.3 is 15.4 Å². The van der Waals surface area contributed by atoms with Gasteiger partial charge in [-0.15, -0.1) is 11.8 Å². The Labute approximate surface area is 193 Å². The highest BCUT2D eigenvalue weighted by Crippen LogP contribution is 2.28. The van der Waals surface area contributed by atoms with Crippen molar-refractivity contribution in [3.63, 3.8) is 0 Å². The van der Waals surface area contributed by atoms with Crippen LogP contribution in [0.4, 0.5) is 17.1 Å². The standard InChI is InChI=1S/C22H18ClN3O5S/c1-31-20-9-8-16(12-19(20)23)24-21(27)13-32-18-7-3-5-15(11-18)25-22(28)14-4-2-6-17(10-14)26(29)30/h2-12H,13H2,1H3,(H,24,27)(H,25,28). The Morgan fingerprint density at radius 2 is 1.78 bits per heavy atom. The molecule has 10 heteroatoms. The van der Waals surface area contributed by atoms with Crippen LogP contribution in [0.2, 0.25) is 5.02 Å². The highest BCUT2D eigenvalue weighted by Gasteiger charge is 2.12. The molecule has 3 aromatic carbocycles. The van der Waals surface area contributed by atoms with Gasteiger partial charge in [0.15, 0.2) is 0 Å². The summed E-state index contributed by atoms with van der Waals surface area (Å²) in [7, 11) is 1.51. The smallest absolute Gasteiger partial charge is 0.270 e. The second-order valence-corrected chi connectivity index (χ2v) is 7.93. The van der Waals surface area contributed by atoms with Crippen molar-refractivity contribution in [2.24, 2.45) is 0 Å². The number of nitro benzene ring substituents is 1. The van der Waals surface area contributed by atoms with Crippen molar-refractivity contribution in [3.8, 4) is 5.75 Å². The maximum absolute atomic E-state index is 12.4. The number of nitrogens with zero attached hydrogens (tertiary/aromatic N) is 1. The van der Waals surface area contributed by atoms with Crippen LogP contribution in [-0.4, -0.2) is 29.6 Å². The summed E-state index contributed by atoms with van der Waals surface area (Å²) in [5.41, 5.74) is 1.08. The molecule has 3 aromatic rings. The number of anilines is 2. The third kappa shape index (κ3) is 6.22. The molecule has 8 nitrogen and oxygen atoms in total. The molecule has 0 aliphatic rings. The van der Waals surface area contributed by atoms with Gasteiger partial charge in [-0.05, 0) is 42.5 Å². The van der Waals surface area contributed by atoms with Crippen LogP contribution in [0.25, 0.3) is 0 Å². The predicted octanol–water partition coefficient (Wildman–Crippen LogP) is 5.24. The number of benzene rings is 3. The van der Waals surface area contributed by atoms with Crippen LogP contribution in [0.15, 0.2) is 71.6 Å². The molecule has 2 amide bonds. The molecule has 0 atom stereocenters. The first-order chi connectivity index (χ1) is 15.4. The fourth-order valence-electron chi connectivity index (χ4n) is 2.72. The summed E-state index contributed by atoms with van der Waals surface area (Å²) < 4.78 is 5.08. The van der Waals surface area contributed by atoms with E-state index in [-0.39, 0.29) is 22.9 Å². The van der Waals surface area contributed by atoms with Crippen molar-refractivity contribution in [2.45, 2.75) is 4.90 Å². The first-order valence-corrected chi connectivity index (χ1v) is 10.6. The van der Waals surface area contributed by atoms with Gasteiger partial charge in [-0.3, -0.25) is 19.7 Å². The largest absolute Gasteiger partial charge is 0.495 e. The van der Waals surface area contributed by atoms with E-state index in [1.165, 1.54) is 43.1 Å². The predicted molar refractivity (Wildman–Crippen MR) is 125 cm³/mol. The second kappa shape index (κ2) is 10.7. The normalized spacial score (nSPS) is 10.3. The fraction of sp³-hybridized carbons (Fsp3) is 0.0909. The highest BCUT2D eigenvalue weighted by molar-refractivity contribution is 8.00.